The molecule has 0 aromatic carbocycles. The molecule has 8 nitrogen and oxygen atoms in total. The molecular formula is C34H50O8. The molecule has 3 unspecified atom stereocenters. The average molecular weight is 587 g/mol. The maximum atomic E-state index is 13.4. The van der Waals surface area contributed by atoms with Gasteiger partial charge in [-0.25, -0.2) is 4.79 Å². The van der Waals surface area contributed by atoms with Crippen molar-refractivity contribution in [3.8, 4) is 0 Å². The van der Waals surface area contributed by atoms with E-state index in [1.54, 1.807) is 7.11 Å². The van der Waals surface area contributed by atoms with Crippen LogP contribution >= 0.6 is 0 Å². The van der Waals surface area contributed by atoms with Gasteiger partial charge in [-0.3, -0.25) is 4.79 Å². The lowest BCUT2D eigenvalue weighted by molar-refractivity contribution is -0.136. The molecule has 2 saturated heterocycles. The minimum atomic E-state index is -0.840. The Bertz CT molecular complexity index is 1090. The Hall–Kier alpha value is -2.26. The minimum absolute atomic E-state index is 0.0331. The van der Waals surface area contributed by atoms with Gasteiger partial charge in [-0.05, 0) is 74.7 Å². The third-order valence-electron chi connectivity index (χ3n) is 10.0. The molecule has 3 aliphatic heterocycles. The van der Waals surface area contributed by atoms with E-state index < -0.39 is 23.4 Å². The van der Waals surface area contributed by atoms with Crippen LogP contribution in [0.5, 0.6) is 0 Å². The Morgan fingerprint density at radius 1 is 1.10 bits per heavy atom. The number of aliphatic hydroxyl groups excluding tert-OH is 2. The van der Waals surface area contributed by atoms with Crippen LogP contribution in [0, 0.1) is 29.6 Å². The molecule has 0 aromatic rings. The second kappa shape index (κ2) is 14.5. The normalized spacial score (nSPS) is 36.0. The topological polar surface area (TPSA) is 112 Å². The third kappa shape index (κ3) is 7.26. The van der Waals surface area contributed by atoms with E-state index in [1.165, 1.54) is 0 Å². The smallest absolute Gasteiger partial charge is 0.351 e. The van der Waals surface area contributed by atoms with Crippen molar-refractivity contribution >= 4 is 11.8 Å². The van der Waals surface area contributed by atoms with Crippen LogP contribution in [0.4, 0.5) is 0 Å². The molecule has 0 spiro atoms. The summed E-state index contributed by atoms with van der Waals surface area (Å²) >= 11 is 0. The predicted molar refractivity (Wildman–Crippen MR) is 159 cm³/mol. The Kier molecular flexibility index (Phi) is 11.3. The van der Waals surface area contributed by atoms with Gasteiger partial charge < -0.3 is 29.2 Å². The zero-order valence-corrected chi connectivity index (χ0v) is 25.9. The molecule has 8 heteroatoms. The molecule has 3 fully saturated rings. The number of Topliss-reactive ketones (excluding diaryl/α,β-unsaturated/α-hetero) is 1. The number of esters is 1. The molecular weight excluding hydrogens is 536 g/mol. The first kappa shape index (κ1) is 32.6. The molecule has 10 atom stereocenters. The van der Waals surface area contributed by atoms with E-state index in [9.17, 15) is 19.8 Å². The number of ketones is 1. The van der Waals surface area contributed by atoms with Crippen LogP contribution in [0.15, 0.2) is 47.5 Å². The second-order valence-electron chi connectivity index (χ2n) is 12.9. The fourth-order valence-electron chi connectivity index (χ4n) is 7.47. The molecule has 1 aliphatic carbocycles. The van der Waals surface area contributed by atoms with Gasteiger partial charge >= 0.3 is 5.97 Å². The van der Waals surface area contributed by atoms with Gasteiger partial charge in [-0.1, -0.05) is 58.4 Å². The van der Waals surface area contributed by atoms with Crippen LogP contribution in [0.1, 0.15) is 79.1 Å². The van der Waals surface area contributed by atoms with Gasteiger partial charge in [0.25, 0.3) is 0 Å². The molecule has 0 amide bonds. The van der Waals surface area contributed by atoms with Gasteiger partial charge in [0.2, 0.25) is 0 Å². The van der Waals surface area contributed by atoms with E-state index in [0.29, 0.717) is 0 Å². The first-order valence-electron chi connectivity index (χ1n) is 15.8. The number of methoxy groups -OCH3 is 1. The molecule has 3 heterocycles. The molecule has 4 rings (SSSR count). The number of cyclic esters (lactones) is 1. The summed E-state index contributed by atoms with van der Waals surface area (Å²) in [6, 6.07) is 0. The minimum Gasteiger partial charge on any atom is -0.504 e. The molecule has 4 aliphatic rings. The van der Waals surface area contributed by atoms with E-state index in [0.717, 1.165) is 56.9 Å². The molecule has 0 aromatic heterocycles. The first-order valence-corrected chi connectivity index (χ1v) is 15.8. The number of hydrogen-bond donors (Lipinski definition) is 2. The largest absolute Gasteiger partial charge is 0.504 e. The molecule has 2 N–H and O–H groups in total. The summed E-state index contributed by atoms with van der Waals surface area (Å²) in [6.45, 7) is 11.6. The summed E-state index contributed by atoms with van der Waals surface area (Å²) < 4.78 is 23.1. The van der Waals surface area contributed by atoms with Gasteiger partial charge in [0.05, 0.1) is 37.1 Å². The Morgan fingerprint density at radius 3 is 2.52 bits per heavy atom. The summed E-state index contributed by atoms with van der Waals surface area (Å²) in [4.78, 5) is 25.7. The van der Waals surface area contributed by atoms with Crippen molar-refractivity contribution < 1.29 is 38.7 Å². The van der Waals surface area contributed by atoms with Crippen molar-refractivity contribution in [1.82, 2.24) is 0 Å². The highest BCUT2D eigenvalue weighted by atomic mass is 16.6. The van der Waals surface area contributed by atoms with Crippen LogP contribution in [-0.2, 0) is 28.5 Å². The maximum absolute atomic E-state index is 13.4. The maximum Gasteiger partial charge on any atom is 0.351 e. The number of rotatable bonds is 11. The van der Waals surface area contributed by atoms with Gasteiger partial charge in [-0.15, -0.1) is 0 Å². The zero-order chi connectivity index (χ0) is 30.6. The van der Waals surface area contributed by atoms with Gasteiger partial charge in [0, 0.05) is 13.0 Å². The molecule has 1 saturated carbocycles. The Morgan fingerprint density at radius 2 is 1.86 bits per heavy atom. The highest BCUT2D eigenvalue weighted by molar-refractivity contribution is 6.20. The Labute approximate surface area is 250 Å². The standard InChI is InChI=1S/C34H50O8/c1-19-9-7-10-24(29(19)21(3)31(36)30-32(37)23(5)40-34(30)38)17-25(18-35)33-20(2)13-14-27(42-33)12-8-11-26-15-16-28(41-26)22(4)39-6/h8,12,17,19-22,24,26-29,33,35,37H,5,7,9-11,13-16,18H2,1-4,6H3/b12-8+,25-17-/t19-,20-,21?,22+,24-,26+,27-,28-,29?,33?/m0/s1. The fraction of sp³-hybridized carbons (Fsp3) is 0.706. The Balaban J connectivity index is 1.44. The van der Waals surface area contributed by atoms with Crippen LogP contribution < -0.4 is 0 Å². The van der Waals surface area contributed by atoms with Crippen molar-refractivity contribution in [2.75, 3.05) is 13.7 Å². The monoisotopic (exact) mass is 586 g/mol. The lowest BCUT2D eigenvalue weighted by atomic mass is 9.65. The molecule has 0 radical (unpaired) electrons. The van der Waals surface area contributed by atoms with Crippen molar-refractivity contribution in [2.24, 2.45) is 29.6 Å². The number of allylic oxidation sites excluding steroid dienone is 1. The molecule has 0 bridgehead atoms. The highest BCUT2D eigenvalue weighted by Gasteiger charge is 2.43. The number of carbonyl (C=O) groups excluding carboxylic acids is 2. The van der Waals surface area contributed by atoms with Crippen LogP contribution in [0.25, 0.3) is 0 Å². The van der Waals surface area contributed by atoms with E-state index in [2.05, 4.69) is 38.7 Å². The van der Waals surface area contributed by atoms with Gasteiger partial charge in [0.15, 0.2) is 17.3 Å². The molecule has 42 heavy (non-hydrogen) atoms. The lowest BCUT2D eigenvalue weighted by Gasteiger charge is -2.40. The number of carbonyl (C=O) groups is 2. The number of hydrogen-bond acceptors (Lipinski definition) is 8. The highest BCUT2D eigenvalue weighted by Crippen LogP contribution is 2.43. The summed E-state index contributed by atoms with van der Waals surface area (Å²) in [6.07, 6.45) is 14.3. The van der Waals surface area contributed by atoms with Gasteiger partial charge in [-0.2, -0.15) is 0 Å². The van der Waals surface area contributed by atoms with Crippen molar-refractivity contribution in [3.63, 3.8) is 0 Å². The second-order valence-corrected chi connectivity index (χ2v) is 12.9. The quantitative estimate of drug-likeness (QED) is 0.179. The predicted octanol–water partition coefficient (Wildman–Crippen LogP) is 5.76. The van der Waals surface area contributed by atoms with Crippen LogP contribution in [-0.4, -0.2) is 66.2 Å². The van der Waals surface area contributed by atoms with E-state index in [4.69, 9.17) is 18.9 Å². The lowest BCUT2D eigenvalue weighted by Crippen LogP contribution is -2.38. The van der Waals surface area contributed by atoms with Crippen molar-refractivity contribution in [3.05, 3.63) is 47.5 Å². The van der Waals surface area contributed by atoms with Gasteiger partial charge in [0.1, 0.15) is 5.57 Å². The van der Waals surface area contributed by atoms with E-state index in [1.807, 2.05) is 13.8 Å². The molecule has 234 valence electrons. The van der Waals surface area contributed by atoms with E-state index in [-0.39, 0.29) is 72.1 Å². The van der Waals surface area contributed by atoms with Crippen molar-refractivity contribution in [2.45, 2.75) is 110 Å². The van der Waals surface area contributed by atoms with Crippen molar-refractivity contribution in [1.29, 1.82) is 0 Å². The average Bonchev–Trinajstić information content (AvgIpc) is 3.54. The summed E-state index contributed by atoms with van der Waals surface area (Å²) in [5.41, 5.74) is 0.552. The van der Waals surface area contributed by atoms with Crippen LogP contribution in [0.3, 0.4) is 0 Å². The number of aliphatic hydroxyl groups is 2. The number of ether oxygens (including phenoxy) is 4. The first-order chi connectivity index (χ1) is 20.0. The summed E-state index contributed by atoms with van der Waals surface area (Å²) in [7, 11) is 1.72. The summed E-state index contributed by atoms with van der Waals surface area (Å²) in [5, 5.41) is 20.8. The SMILES string of the molecule is C=C1OC(=O)C(C(=O)C(C)C2[C@H](/C=C(/CO)C3O[C@@H](/C=C/C[C@@H]4CC[C@@H]([C@@H](C)OC)O4)CC[C@@H]3C)CCC[C@@H]2C)=C1O. The zero-order valence-electron chi connectivity index (χ0n) is 25.9. The summed E-state index contributed by atoms with van der Waals surface area (Å²) in [5.74, 6) is -1.95. The van der Waals surface area contributed by atoms with E-state index >= 15 is 0 Å². The fourth-order valence-corrected chi connectivity index (χ4v) is 7.47. The third-order valence-corrected chi connectivity index (χ3v) is 10.0. The van der Waals surface area contributed by atoms with Crippen LogP contribution in [0.2, 0.25) is 0 Å².